The van der Waals surface area contributed by atoms with Crippen LogP contribution in [0.4, 0.5) is 17.3 Å². The van der Waals surface area contributed by atoms with Crippen molar-refractivity contribution in [3.8, 4) is 12.3 Å². The maximum atomic E-state index is 12.1. The van der Waals surface area contributed by atoms with Crippen LogP contribution in [0.3, 0.4) is 0 Å². The summed E-state index contributed by atoms with van der Waals surface area (Å²) in [6, 6.07) is 9.21. The summed E-state index contributed by atoms with van der Waals surface area (Å²) < 4.78 is 0. The number of likely N-dealkylation sites (N-methyl/N-ethyl adjacent to an activating group) is 1. The molecular formula is C21H20N6O. The molecule has 140 valence electrons. The Labute approximate surface area is 163 Å². The topological polar surface area (TPSA) is 83.0 Å². The van der Waals surface area contributed by atoms with E-state index in [-0.39, 0.29) is 5.91 Å². The molecule has 0 saturated carbocycles. The lowest BCUT2D eigenvalue weighted by atomic mass is 10.2. The summed E-state index contributed by atoms with van der Waals surface area (Å²) in [4.78, 5) is 26.8. The zero-order valence-electron chi connectivity index (χ0n) is 15.7. The van der Waals surface area contributed by atoms with E-state index < -0.39 is 0 Å². The number of pyridine rings is 1. The first-order chi connectivity index (χ1) is 13.5. The second-order valence-corrected chi connectivity index (χ2v) is 6.31. The molecule has 0 bridgehead atoms. The Morgan fingerprint density at radius 2 is 2.11 bits per heavy atom. The maximum absolute atomic E-state index is 12.1. The molecule has 0 saturated heterocycles. The van der Waals surface area contributed by atoms with Crippen LogP contribution in [0.25, 0.3) is 10.9 Å². The van der Waals surface area contributed by atoms with Crippen LogP contribution in [0, 0.1) is 12.3 Å². The summed E-state index contributed by atoms with van der Waals surface area (Å²) in [5.41, 5.74) is 2.23. The third-order valence-corrected chi connectivity index (χ3v) is 3.80. The van der Waals surface area contributed by atoms with Gasteiger partial charge in [-0.1, -0.05) is 18.1 Å². The lowest BCUT2D eigenvalue weighted by Crippen LogP contribution is -2.13. The number of fused-ring (bicyclic) bond motifs is 1. The van der Waals surface area contributed by atoms with Crippen molar-refractivity contribution in [1.29, 1.82) is 0 Å². The van der Waals surface area contributed by atoms with Crippen LogP contribution in [-0.4, -0.2) is 46.4 Å². The van der Waals surface area contributed by atoms with Gasteiger partial charge in [0, 0.05) is 29.3 Å². The summed E-state index contributed by atoms with van der Waals surface area (Å²) in [6.07, 6.45) is 11.8. The number of hydrogen-bond donors (Lipinski definition) is 2. The number of anilines is 3. The van der Waals surface area contributed by atoms with Gasteiger partial charge in [0.15, 0.2) is 0 Å². The highest BCUT2D eigenvalue weighted by Gasteiger charge is 2.08. The van der Waals surface area contributed by atoms with Crippen LogP contribution < -0.4 is 10.6 Å². The van der Waals surface area contributed by atoms with E-state index in [4.69, 9.17) is 6.42 Å². The highest BCUT2D eigenvalue weighted by Crippen LogP contribution is 2.24. The molecular weight excluding hydrogens is 352 g/mol. The van der Waals surface area contributed by atoms with E-state index in [1.54, 1.807) is 18.3 Å². The fraction of sp³-hybridized carbons (Fsp3) is 0.143. The van der Waals surface area contributed by atoms with Crippen molar-refractivity contribution in [3.05, 3.63) is 60.6 Å². The number of benzene rings is 1. The molecule has 0 aliphatic carbocycles. The number of aromatic nitrogens is 3. The molecule has 0 aliphatic rings. The Hall–Kier alpha value is -3.76. The fourth-order valence-electron chi connectivity index (χ4n) is 2.49. The predicted molar refractivity (Wildman–Crippen MR) is 111 cm³/mol. The van der Waals surface area contributed by atoms with Gasteiger partial charge >= 0.3 is 0 Å². The molecule has 2 heterocycles. The summed E-state index contributed by atoms with van der Waals surface area (Å²) in [5, 5.41) is 6.73. The highest BCUT2D eigenvalue weighted by atomic mass is 16.1. The monoisotopic (exact) mass is 372 g/mol. The lowest BCUT2D eigenvalue weighted by Gasteiger charge is -2.10. The molecule has 2 aromatic heterocycles. The molecule has 7 nitrogen and oxygen atoms in total. The van der Waals surface area contributed by atoms with Crippen molar-refractivity contribution in [2.45, 2.75) is 0 Å². The molecule has 3 aromatic rings. The lowest BCUT2D eigenvalue weighted by molar-refractivity contribution is -0.111. The van der Waals surface area contributed by atoms with Gasteiger partial charge in [-0.05, 0) is 38.4 Å². The average Bonchev–Trinajstić information content (AvgIpc) is 2.68. The first-order valence-electron chi connectivity index (χ1n) is 8.62. The van der Waals surface area contributed by atoms with Crippen LogP contribution in [0.15, 0.2) is 55.0 Å². The summed E-state index contributed by atoms with van der Waals surface area (Å²) in [6.45, 7) is 0.678. The third kappa shape index (κ3) is 4.90. The maximum Gasteiger partial charge on any atom is 0.249 e. The molecule has 7 heteroatoms. The molecule has 1 amide bonds. The van der Waals surface area contributed by atoms with E-state index in [1.807, 2.05) is 43.3 Å². The smallest absolute Gasteiger partial charge is 0.249 e. The van der Waals surface area contributed by atoms with E-state index in [0.717, 1.165) is 16.6 Å². The van der Waals surface area contributed by atoms with E-state index in [9.17, 15) is 4.79 Å². The summed E-state index contributed by atoms with van der Waals surface area (Å²) in [7, 11) is 3.86. The van der Waals surface area contributed by atoms with Gasteiger partial charge in [-0.2, -0.15) is 0 Å². The molecule has 3 rings (SSSR count). The average molecular weight is 372 g/mol. The van der Waals surface area contributed by atoms with Gasteiger partial charge in [-0.3, -0.25) is 4.79 Å². The molecule has 0 fully saturated rings. The normalized spacial score (nSPS) is 10.9. The van der Waals surface area contributed by atoms with Crippen LogP contribution in [-0.2, 0) is 4.79 Å². The van der Waals surface area contributed by atoms with Crippen LogP contribution >= 0.6 is 0 Å². The first-order valence-corrected chi connectivity index (χ1v) is 8.62. The second kappa shape index (κ2) is 8.75. The number of carbonyl (C=O) groups is 1. The van der Waals surface area contributed by atoms with E-state index in [1.165, 1.54) is 12.4 Å². The molecule has 0 aliphatic heterocycles. The van der Waals surface area contributed by atoms with Crippen molar-refractivity contribution in [2.75, 3.05) is 31.3 Å². The van der Waals surface area contributed by atoms with Crippen molar-refractivity contribution in [3.63, 3.8) is 0 Å². The highest BCUT2D eigenvalue weighted by molar-refractivity contribution is 6.00. The van der Waals surface area contributed by atoms with Gasteiger partial charge in [-0.25, -0.2) is 15.0 Å². The number of carbonyl (C=O) groups excluding carboxylic acids is 1. The van der Waals surface area contributed by atoms with Gasteiger partial charge in [0.1, 0.15) is 18.0 Å². The Kier molecular flexibility index (Phi) is 5.94. The summed E-state index contributed by atoms with van der Waals surface area (Å²) >= 11 is 0. The van der Waals surface area contributed by atoms with Gasteiger partial charge in [-0.15, -0.1) is 6.42 Å². The van der Waals surface area contributed by atoms with Gasteiger partial charge < -0.3 is 15.5 Å². The van der Waals surface area contributed by atoms with Crippen molar-refractivity contribution >= 4 is 34.1 Å². The molecule has 2 N–H and O–H groups in total. The van der Waals surface area contributed by atoms with E-state index in [0.29, 0.717) is 23.7 Å². The molecule has 0 spiro atoms. The Balaban J connectivity index is 1.84. The standard InChI is InChI=1S/C21H20N6O/c1-4-15-7-5-8-16(11-15)25-21-17-12-19(22-13-18(17)23-14-24-21)26-20(28)9-6-10-27(2)3/h1,5-9,11-14H,10H2,2-3H3,(H,22,26,28)(H,23,24,25)/b9-6+. The Morgan fingerprint density at radius 1 is 1.25 bits per heavy atom. The number of amides is 1. The van der Waals surface area contributed by atoms with Gasteiger partial charge in [0.05, 0.1) is 11.7 Å². The zero-order chi connectivity index (χ0) is 19.9. The molecule has 1 aromatic carbocycles. The number of rotatable bonds is 6. The minimum atomic E-state index is -0.248. The predicted octanol–water partition coefficient (Wildman–Crippen LogP) is 2.81. The number of nitrogens with one attached hydrogen (secondary N) is 2. The van der Waals surface area contributed by atoms with Crippen molar-refractivity contribution < 1.29 is 4.79 Å². The Bertz CT molecular complexity index is 1070. The molecule has 0 unspecified atom stereocenters. The molecule has 0 radical (unpaired) electrons. The first kappa shape index (κ1) is 19.0. The van der Waals surface area contributed by atoms with Crippen molar-refractivity contribution in [1.82, 2.24) is 19.9 Å². The minimum absolute atomic E-state index is 0.248. The van der Waals surface area contributed by atoms with E-state index in [2.05, 4.69) is 31.5 Å². The number of terminal acetylenes is 1. The van der Waals surface area contributed by atoms with E-state index >= 15 is 0 Å². The van der Waals surface area contributed by atoms with Crippen LogP contribution in [0.5, 0.6) is 0 Å². The van der Waals surface area contributed by atoms with Crippen LogP contribution in [0.2, 0.25) is 0 Å². The fourth-order valence-corrected chi connectivity index (χ4v) is 2.49. The second-order valence-electron chi connectivity index (χ2n) is 6.31. The van der Waals surface area contributed by atoms with Gasteiger partial charge in [0.2, 0.25) is 5.91 Å². The van der Waals surface area contributed by atoms with Crippen molar-refractivity contribution in [2.24, 2.45) is 0 Å². The minimum Gasteiger partial charge on any atom is -0.340 e. The number of hydrogen-bond acceptors (Lipinski definition) is 6. The largest absolute Gasteiger partial charge is 0.340 e. The quantitative estimate of drug-likeness (QED) is 0.511. The molecule has 0 atom stereocenters. The Morgan fingerprint density at radius 3 is 2.89 bits per heavy atom. The molecule has 28 heavy (non-hydrogen) atoms. The van der Waals surface area contributed by atoms with Crippen LogP contribution in [0.1, 0.15) is 5.56 Å². The SMILES string of the molecule is C#Cc1cccc(Nc2ncnc3cnc(NC(=O)/C=C/CN(C)C)cc23)c1. The zero-order valence-corrected chi connectivity index (χ0v) is 15.7. The van der Waals surface area contributed by atoms with Gasteiger partial charge in [0.25, 0.3) is 0 Å². The third-order valence-electron chi connectivity index (χ3n) is 3.80. The summed E-state index contributed by atoms with van der Waals surface area (Å²) in [5.74, 6) is 3.37. The number of nitrogens with zero attached hydrogens (tertiary/aromatic N) is 4.